The molecule has 0 spiro atoms. The van der Waals surface area contributed by atoms with E-state index in [0.29, 0.717) is 5.84 Å². The zero-order chi connectivity index (χ0) is 26.2. The summed E-state index contributed by atoms with van der Waals surface area (Å²) in [6.45, 7) is 11.4. The minimum atomic E-state index is -3.16. The summed E-state index contributed by atoms with van der Waals surface area (Å²) >= 11 is 0. The van der Waals surface area contributed by atoms with Crippen LogP contribution in [0.25, 0.3) is 0 Å². The number of piperidine rings is 1. The number of benzene rings is 1. The maximum Gasteiger partial charge on any atom is 0.208 e. The molecule has 9 nitrogen and oxygen atoms in total. The summed E-state index contributed by atoms with van der Waals surface area (Å²) < 4.78 is 23.5. The summed E-state index contributed by atoms with van der Waals surface area (Å²) in [5.41, 5.74) is 6.72. The highest BCUT2D eigenvalue weighted by Gasteiger charge is 2.23. The van der Waals surface area contributed by atoms with Crippen LogP contribution in [0.5, 0.6) is 0 Å². The largest absolute Gasteiger partial charge is 0.386 e. The van der Waals surface area contributed by atoms with E-state index in [4.69, 9.17) is 16.8 Å². The number of sulfonamides is 1. The number of hydrazine groups is 1. The number of nitriles is 1. The third kappa shape index (κ3) is 16.0. The second-order valence-electron chi connectivity index (χ2n) is 8.38. The van der Waals surface area contributed by atoms with Crippen LogP contribution in [-0.4, -0.2) is 68.4 Å². The molecule has 0 amide bonds. The lowest BCUT2D eigenvalue weighted by atomic mass is 9.89. The summed E-state index contributed by atoms with van der Waals surface area (Å²) in [6.07, 6.45) is 4.49. The average Bonchev–Trinajstić information content (AvgIpc) is 2.79. The van der Waals surface area contributed by atoms with Crippen LogP contribution >= 0.6 is 9.24 Å². The molecule has 1 aromatic carbocycles. The highest BCUT2D eigenvalue weighted by molar-refractivity contribution is 7.88. The normalized spacial score (nSPS) is 16.7. The maximum absolute atomic E-state index is 10.6. The van der Waals surface area contributed by atoms with Crippen molar-refractivity contribution >= 4 is 25.1 Å². The number of hydrazone groups is 1. The Morgan fingerprint density at radius 1 is 1.32 bits per heavy atom. The fourth-order valence-electron chi connectivity index (χ4n) is 3.26. The van der Waals surface area contributed by atoms with Gasteiger partial charge in [0.15, 0.2) is 0 Å². The first-order chi connectivity index (χ1) is 15.9. The van der Waals surface area contributed by atoms with Crippen LogP contribution in [0, 0.1) is 11.3 Å². The Bertz CT molecular complexity index is 846. The predicted octanol–water partition coefficient (Wildman–Crippen LogP) is 2.44. The predicted molar refractivity (Wildman–Crippen MR) is 146 cm³/mol. The number of nitrogens with zero attached hydrogens (tertiary/aromatic N) is 4. The van der Waals surface area contributed by atoms with Crippen molar-refractivity contribution in [2.75, 3.05) is 39.0 Å². The first-order valence-electron chi connectivity index (χ1n) is 11.7. The Morgan fingerprint density at radius 3 is 2.35 bits per heavy atom. The van der Waals surface area contributed by atoms with Crippen molar-refractivity contribution in [3.05, 3.63) is 35.9 Å². The van der Waals surface area contributed by atoms with E-state index >= 15 is 0 Å². The molecule has 1 saturated heterocycles. The number of hydrogen-bond acceptors (Lipinski definition) is 7. The molecule has 1 aliphatic heterocycles. The zero-order valence-electron chi connectivity index (χ0n) is 21.4. The Kier molecular flexibility index (Phi) is 15.9. The maximum atomic E-state index is 10.6. The molecule has 1 aliphatic rings. The summed E-state index contributed by atoms with van der Waals surface area (Å²) in [4.78, 5) is 2.50. The molecule has 2 unspecified atom stereocenters. The number of likely N-dealkylation sites (tertiary alicyclic amines) is 1. The smallest absolute Gasteiger partial charge is 0.208 e. The molecule has 0 saturated carbocycles. The second kappa shape index (κ2) is 16.8. The molecule has 34 heavy (non-hydrogen) atoms. The molecular formula is C23H44N7O2PS. The first kappa shape index (κ1) is 32.2. The van der Waals surface area contributed by atoms with Gasteiger partial charge in [-0.15, -0.1) is 14.3 Å². The van der Waals surface area contributed by atoms with Gasteiger partial charge in [-0.1, -0.05) is 44.2 Å². The fourth-order valence-corrected chi connectivity index (χ4v) is 3.85. The molecule has 5 N–H and O–H groups in total. The molecule has 2 atom stereocenters. The topological polar surface area (TPSA) is 141 Å². The van der Waals surface area contributed by atoms with E-state index in [1.54, 1.807) is 6.92 Å². The Morgan fingerprint density at radius 2 is 1.88 bits per heavy atom. The van der Waals surface area contributed by atoms with Crippen LogP contribution in [-0.2, 0) is 10.0 Å². The number of nitrogens with two attached hydrogens (primary N) is 2. The van der Waals surface area contributed by atoms with Crippen molar-refractivity contribution < 1.29 is 8.42 Å². The lowest BCUT2D eigenvalue weighted by Gasteiger charge is -2.33. The molecular weight excluding hydrogens is 469 g/mol. The average molecular weight is 514 g/mol. The zero-order valence-corrected chi connectivity index (χ0v) is 23.3. The van der Waals surface area contributed by atoms with Crippen molar-refractivity contribution in [3.8, 4) is 6.07 Å². The van der Waals surface area contributed by atoms with Gasteiger partial charge >= 0.3 is 0 Å². The molecule has 1 fully saturated rings. The lowest BCUT2D eigenvalue weighted by Crippen LogP contribution is -2.36. The van der Waals surface area contributed by atoms with E-state index in [2.05, 4.69) is 60.4 Å². The monoisotopic (exact) mass is 513 g/mol. The summed E-state index contributed by atoms with van der Waals surface area (Å²) in [7, 11) is -0.490. The van der Waals surface area contributed by atoms with Gasteiger partial charge in [-0.05, 0) is 64.2 Å². The number of rotatable bonds is 9. The van der Waals surface area contributed by atoms with E-state index < -0.39 is 10.0 Å². The van der Waals surface area contributed by atoms with E-state index in [1.165, 1.54) is 18.4 Å². The van der Waals surface area contributed by atoms with Gasteiger partial charge in [-0.3, -0.25) is 0 Å². The summed E-state index contributed by atoms with van der Waals surface area (Å²) in [6, 6.07) is 13.2. The van der Waals surface area contributed by atoms with E-state index in [0.717, 1.165) is 43.3 Å². The van der Waals surface area contributed by atoms with Gasteiger partial charge in [0.2, 0.25) is 10.0 Å². The van der Waals surface area contributed by atoms with Crippen molar-refractivity contribution in [2.24, 2.45) is 16.7 Å². The molecule has 11 heteroatoms. The van der Waals surface area contributed by atoms with Crippen LogP contribution < -0.4 is 16.3 Å². The van der Waals surface area contributed by atoms with Gasteiger partial charge in [0.1, 0.15) is 5.84 Å². The molecule has 0 bridgehead atoms. The minimum absolute atomic E-state index is 0.201. The second-order valence-corrected chi connectivity index (χ2v) is 11.5. The van der Waals surface area contributed by atoms with Crippen LogP contribution in [0.4, 0.5) is 0 Å². The van der Waals surface area contributed by atoms with Crippen LogP contribution in [0.15, 0.2) is 35.4 Å². The number of amidine groups is 1. The molecule has 2 rings (SSSR count). The van der Waals surface area contributed by atoms with Gasteiger partial charge in [0, 0.05) is 6.54 Å². The molecule has 194 valence electrons. The van der Waals surface area contributed by atoms with Crippen molar-refractivity contribution in [2.45, 2.75) is 58.0 Å². The van der Waals surface area contributed by atoms with Gasteiger partial charge in [-0.2, -0.15) is 5.26 Å². The molecule has 0 aromatic heterocycles. The Labute approximate surface area is 209 Å². The summed E-state index contributed by atoms with van der Waals surface area (Å²) in [5.74, 6) is 6.37. The van der Waals surface area contributed by atoms with Crippen molar-refractivity contribution in [1.29, 1.82) is 5.26 Å². The standard InChI is InChI=1S/C16H23N2P.C5H15N5O2S.C2H6/c1-16(19,13-17)9-12-18-10-7-15(8-11-18)14-5-3-2-4-6-14;1-5(6)9-10(7)4-3-8-13(2,11)12;1-2/h2-6,15H,7-12,19H2,1H3;8H,3-4,7H2,1-2H3,(H2,6,9);1-2H3. The molecule has 0 radical (unpaired) electrons. The number of hydrogen-bond donors (Lipinski definition) is 3. The molecule has 0 aliphatic carbocycles. The van der Waals surface area contributed by atoms with Crippen LogP contribution in [0.1, 0.15) is 58.4 Å². The van der Waals surface area contributed by atoms with Crippen LogP contribution in [0.3, 0.4) is 0 Å². The fraction of sp³-hybridized carbons (Fsp3) is 0.652. The van der Waals surface area contributed by atoms with E-state index in [-0.39, 0.29) is 18.2 Å². The molecule has 1 heterocycles. The van der Waals surface area contributed by atoms with E-state index in [1.807, 2.05) is 20.8 Å². The Balaban J connectivity index is 0.000000639. The van der Waals surface area contributed by atoms with Crippen molar-refractivity contribution in [1.82, 2.24) is 14.7 Å². The minimum Gasteiger partial charge on any atom is -0.386 e. The highest BCUT2D eigenvalue weighted by Crippen LogP contribution is 2.29. The Hall–Kier alpha value is -1.76. The molecule has 1 aromatic rings. The first-order valence-corrected chi connectivity index (χ1v) is 14.1. The highest BCUT2D eigenvalue weighted by atomic mass is 32.2. The van der Waals surface area contributed by atoms with Crippen molar-refractivity contribution in [3.63, 3.8) is 0 Å². The third-order valence-corrected chi connectivity index (χ3v) is 6.20. The quantitative estimate of drug-likeness (QED) is 0.151. The number of nitrogens with one attached hydrogen (secondary N) is 1. The van der Waals surface area contributed by atoms with Gasteiger partial charge in [-0.25, -0.2) is 24.1 Å². The van der Waals surface area contributed by atoms with Gasteiger partial charge in [0.25, 0.3) is 0 Å². The van der Waals surface area contributed by atoms with Crippen LogP contribution in [0.2, 0.25) is 0 Å². The van der Waals surface area contributed by atoms with E-state index in [9.17, 15) is 8.42 Å². The lowest BCUT2D eigenvalue weighted by molar-refractivity contribution is 0.207. The summed E-state index contributed by atoms with van der Waals surface area (Å²) in [5, 5.41) is 13.5. The SMILES string of the molecule is C/C(N)=N/N(N)CCNS(C)(=O)=O.CC.CC(P)(C#N)CCN1CCC(c2ccccc2)CC1. The van der Waals surface area contributed by atoms with Gasteiger partial charge in [0.05, 0.1) is 24.0 Å². The van der Waals surface area contributed by atoms with Gasteiger partial charge < -0.3 is 10.6 Å². The third-order valence-electron chi connectivity index (χ3n) is 5.05.